The molecule has 5 nitrogen and oxygen atoms in total. The van der Waals surface area contributed by atoms with Crippen LogP contribution in [0.15, 0.2) is 21.9 Å². The Balaban J connectivity index is 2.03. The highest BCUT2D eigenvalue weighted by molar-refractivity contribution is 7.13. The Bertz CT molecular complexity index is 1040. The molecule has 2 heterocycles. The number of nitrogens with zero attached hydrogens (tertiary/aromatic N) is 1. The van der Waals surface area contributed by atoms with Crippen molar-refractivity contribution in [2.75, 3.05) is 11.9 Å². The van der Waals surface area contributed by atoms with Crippen molar-refractivity contribution >= 4 is 38.9 Å². The number of thiazole rings is 1. The fourth-order valence-corrected chi connectivity index (χ4v) is 3.75. The normalized spacial score (nSPS) is 11.9. The highest BCUT2D eigenvalue weighted by Gasteiger charge is 2.19. The minimum atomic E-state index is -0.206. The van der Waals surface area contributed by atoms with E-state index >= 15 is 0 Å². The molecule has 0 aliphatic carbocycles. The summed E-state index contributed by atoms with van der Waals surface area (Å²) < 4.78 is 11.8. The van der Waals surface area contributed by atoms with Gasteiger partial charge in [-0.25, -0.2) is 4.98 Å². The fraction of sp³-hybridized carbons (Fsp3) is 0.333. The summed E-state index contributed by atoms with van der Waals surface area (Å²) in [4.78, 5) is 16.7. The van der Waals surface area contributed by atoms with Gasteiger partial charge in [-0.1, -0.05) is 0 Å². The molecule has 0 aliphatic rings. The average Bonchev–Trinajstić information content (AvgIpc) is 3.14. The molecule has 1 aromatic carbocycles. The average molecular weight is 385 g/mol. The molecule has 2 aromatic heterocycles. The molecule has 6 heteroatoms. The largest absolute Gasteiger partial charge is 0.493 e. The van der Waals surface area contributed by atoms with Gasteiger partial charge in [0.2, 0.25) is 5.91 Å². The topological polar surface area (TPSA) is 64.4 Å². The SMILES string of the molecule is CCOc1c(/C(C)=C/C(=O)Nc2nc(C)cs2)cc2c(C)c(C)oc2c1C. The zero-order chi connectivity index (χ0) is 19.7. The van der Waals surface area contributed by atoms with Crippen molar-refractivity contribution in [3.63, 3.8) is 0 Å². The molecule has 0 atom stereocenters. The molecule has 142 valence electrons. The Morgan fingerprint density at radius 1 is 1.30 bits per heavy atom. The quantitative estimate of drug-likeness (QED) is 0.585. The molecule has 0 saturated heterocycles. The lowest BCUT2D eigenvalue weighted by atomic mass is 9.98. The fourth-order valence-electron chi connectivity index (χ4n) is 3.06. The van der Waals surface area contributed by atoms with E-state index in [-0.39, 0.29) is 5.91 Å². The van der Waals surface area contributed by atoms with Gasteiger partial charge in [-0.2, -0.15) is 0 Å². The third kappa shape index (κ3) is 3.76. The van der Waals surface area contributed by atoms with E-state index in [2.05, 4.69) is 10.3 Å². The summed E-state index contributed by atoms with van der Waals surface area (Å²) in [5.41, 5.74) is 5.51. The van der Waals surface area contributed by atoms with Gasteiger partial charge in [-0.05, 0) is 58.7 Å². The second-order valence-corrected chi connectivity index (χ2v) is 7.44. The van der Waals surface area contributed by atoms with Gasteiger partial charge in [0.15, 0.2) is 5.13 Å². The molecule has 0 bridgehead atoms. The van der Waals surface area contributed by atoms with E-state index in [0.717, 1.165) is 50.4 Å². The predicted molar refractivity (Wildman–Crippen MR) is 111 cm³/mol. The van der Waals surface area contributed by atoms with Gasteiger partial charge in [0.25, 0.3) is 0 Å². The number of nitrogens with one attached hydrogen (secondary N) is 1. The number of fused-ring (bicyclic) bond motifs is 1. The van der Waals surface area contributed by atoms with Crippen molar-refractivity contribution in [3.05, 3.63) is 45.7 Å². The van der Waals surface area contributed by atoms with Crippen LogP contribution in [0.3, 0.4) is 0 Å². The minimum Gasteiger partial charge on any atom is -0.493 e. The van der Waals surface area contributed by atoms with Crippen molar-refractivity contribution < 1.29 is 13.9 Å². The van der Waals surface area contributed by atoms with Crippen LogP contribution in [0.1, 0.15) is 42.0 Å². The van der Waals surface area contributed by atoms with Crippen LogP contribution < -0.4 is 10.1 Å². The Morgan fingerprint density at radius 2 is 2.04 bits per heavy atom. The van der Waals surface area contributed by atoms with E-state index in [1.54, 1.807) is 6.08 Å². The lowest BCUT2D eigenvalue weighted by Gasteiger charge is -2.14. The summed E-state index contributed by atoms with van der Waals surface area (Å²) in [5.74, 6) is 1.44. The standard InChI is InChI=1S/C21H24N2O3S/c1-7-25-19-14(5)20-17(13(4)15(6)26-20)9-16(19)11(2)8-18(24)23-21-22-12(3)10-27-21/h8-10H,7H2,1-6H3,(H,22,23,24)/b11-8+. The van der Waals surface area contributed by atoms with Crippen LogP contribution in [0.2, 0.25) is 0 Å². The third-order valence-electron chi connectivity index (χ3n) is 4.56. The lowest BCUT2D eigenvalue weighted by molar-refractivity contribution is -0.111. The highest BCUT2D eigenvalue weighted by Crippen LogP contribution is 2.38. The first-order valence-corrected chi connectivity index (χ1v) is 9.77. The summed E-state index contributed by atoms with van der Waals surface area (Å²) in [6, 6.07) is 2.05. The maximum Gasteiger partial charge on any atom is 0.250 e. The lowest BCUT2D eigenvalue weighted by Crippen LogP contribution is -2.08. The molecule has 0 unspecified atom stereocenters. The zero-order valence-corrected chi connectivity index (χ0v) is 17.3. The number of benzene rings is 1. The van der Waals surface area contributed by atoms with Crippen molar-refractivity contribution in [3.8, 4) is 5.75 Å². The Labute approximate surface area is 163 Å². The number of rotatable bonds is 5. The van der Waals surface area contributed by atoms with Gasteiger partial charge in [0, 0.05) is 28.0 Å². The van der Waals surface area contributed by atoms with Crippen LogP contribution in [-0.4, -0.2) is 17.5 Å². The van der Waals surface area contributed by atoms with Gasteiger partial charge in [0.1, 0.15) is 17.1 Å². The summed E-state index contributed by atoms with van der Waals surface area (Å²) in [6.07, 6.45) is 1.59. The highest BCUT2D eigenvalue weighted by atomic mass is 32.1. The number of hydrogen-bond acceptors (Lipinski definition) is 5. The number of amides is 1. The maximum absolute atomic E-state index is 12.4. The van der Waals surface area contributed by atoms with Crippen molar-refractivity contribution in [2.24, 2.45) is 0 Å². The number of carbonyl (C=O) groups is 1. The second-order valence-electron chi connectivity index (χ2n) is 6.58. The van der Waals surface area contributed by atoms with Crippen molar-refractivity contribution in [1.82, 2.24) is 4.98 Å². The molecule has 0 radical (unpaired) electrons. The number of ether oxygens (including phenoxy) is 1. The number of aromatic nitrogens is 1. The van der Waals surface area contributed by atoms with Gasteiger partial charge < -0.3 is 9.15 Å². The molecule has 3 rings (SSSR count). The summed E-state index contributed by atoms with van der Waals surface area (Å²) in [5, 5.41) is 6.36. The number of aryl methyl sites for hydroxylation is 4. The molecular weight excluding hydrogens is 360 g/mol. The molecule has 0 saturated carbocycles. The minimum absolute atomic E-state index is 0.206. The van der Waals surface area contributed by atoms with Crippen LogP contribution >= 0.6 is 11.3 Å². The summed E-state index contributed by atoms with van der Waals surface area (Å²) in [7, 11) is 0. The van der Waals surface area contributed by atoms with Crippen LogP contribution in [-0.2, 0) is 4.79 Å². The smallest absolute Gasteiger partial charge is 0.250 e. The van der Waals surface area contributed by atoms with E-state index in [0.29, 0.717) is 11.7 Å². The van der Waals surface area contributed by atoms with E-state index in [1.165, 1.54) is 11.3 Å². The van der Waals surface area contributed by atoms with Crippen LogP contribution in [0.25, 0.3) is 16.5 Å². The van der Waals surface area contributed by atoms with Crippen LogP contribution in [0.4, 0.5) is 5.13 Å². The first kappa shape index (κ1) is 19.2. The van der Waals surface area contributed by atoms with E-state index in [4.69, 9.17) is 9.15 Å². The van der Waals surface area contributed by atoms with Gasteiger partial charge >= 0.3 is 0 Å². The van der Waals surface area contributed by atoms with Crippen molar-refractivity contribution in [1.29, 1.82) is 0 Å². The van der Waals surface area contributed by atoms with Gasteiger partial charge in [-0.15, -0.1) is 11.3 Å². The Kier molecular flexibility index (Phi) is 5.37. The monoisotopic (exact) mass is 384 g/mol. The molecule has 1 N–H and O–H groups in total. The first-order valence-electron chi connectivity index (χ1n) is 8.89. The number of anilines is 1. The number of carbonyl (C=O) groups excluding carboxylic acids is 1. The van der Waals surface area contributed by atoms with E-state index < -0.39 is 0 Å². The van der Waals surface area contributed by atoms with Crippen LogP contribution in [0.5, 0.6) is 5.75 Å². The van der Waals surface area contributed by atoms with Crippen LogP contribution in [0, 0.1) is 27.7 Å². The van der Waals surface area contributed by atoms with Gasteiger partial charge in [-0.3, -0.25) is 10.1 Å². The third-order valence-corrected chi connectivity index (χ3v) is 5.43. The summed E-state index contributed by atoms with van der Waals surface area (Å²) >= 11 is 1.41. The summed E-state index contributed by atoms with van der Waals surface area (Å²) in [6.45, 7) is 12.3. The van der Waals surface area contributed by atoms with Gasteiger partial charge in [0.05, 0.1) is 12.3 Å². The molecule has 0 fully saturated rings. The number of allylic oxidation sites excluding steroid dienone is 1. The molecule has 0 spiro atoms. The number of hydrogen-bond donors (Lipinski definition) is 1. The Morgan fingerprint density at radius 3 is 2.67 bits per heavy atom. The second kappa shape index (κ2) is 7.56. The van der Waals surface area contributed by atoms with Crippen molar-refractivity contribution in [2.45, 2.75) is 41.5 Å². The van der Waals surface area contributed by atoms with E-state index in [9.17, 15) is 4.79 Å². The molecular formula is C21H24N2O3S. The first-order chi connectivity index (χ1) is 12.8. The molecule has 0 aliphatic heterocycles. The predicted octanol–water partition coefficient (Wildman–Crippen LogP) is 5.56. The Hall–Kier alpha value is -2.60. The van der Waals surface area contributed by atoms with E-state index in [1.807, 2.05) is 53.0 Å². The maximum atomic E-state index is 12.4. The number of furan rings is 1. The zero-order valence-electron chi connectivity index (χ0n) is 16.5. The molecule has 1 amide bonds. The molecule has 27 heavy (non-hydrogen) atoms. The molecule has 3 aromatic rings.